The lowest BCUT2D eigenvalue weighted by Gasteiger charge is -2.12. The van der Waals surface area contributed by atoms with Gasteiger partial charge in [0.25, 0.3) is 0 Å². The maximum atomic E-state index is 13.2. The largest absolute Gasteiger partial charge is 0.438 e. The molecule has 0 saturated heterocycles. The summed E-state index contributed by atoms with van der Waals surface area (Å²) in [7, 11) is 0. The van der Waals surface area contributed by atoms with Crippen molar-refractivity contribution in [3.63, 3.8) is 0 Å². The molecule has 2 aromatic heterocycles. The summed E-state index contributed by atoms with van der Waals surface area (Å²) in [6.45, 7) is 0. The number of benzene rings is 2. The lowest BCUT2D eigenvalue weighted by Crippen LogP contribution is -2.08. The van der Waals surface area contributed by atoms with Crippen molar-refractivity contribution in [3.05, 3.63) is 72.2 Å². The van der Waals surface area contributed by atoms with Gasteiger partial charge in [0.2, 0.25) is 11.8 Å². The number of hydrogen-bond donors (Lipinski definition) is 2. The average molecular weight is 388 g/mol. The van der Waals surface area contributed by atoms with Crippen LogP contribution in [0.3, 0.4) is 0 Å². The minimum absolute atomic E-state index is 0.196. The zero-order chi connectivity index (χ0) is 19.7. The normalized spacial score (nSPS) is 11.6. The predicted molar refractivity (Wildman–Crippen MR) is 95.1 cm³/mol. The van der Waals surface area contributed by atoms with E-state index in [9.17, 15) is 17.6 Å². The van der Waals surface area contributed by atoms with Crippen molar-refractivity contribution < 1.29 is 22.3 Å². The summed E-state index contributed by atoms with van der Waals surface area (Å²) in [6, 6.07) is 12.5. The number of imidazole rings is 1. The molecule has 142 valence electrons. The van der Waals surface area contributed by atoms with Crippen LogP contribution in [0.1, 0.15) is 5.56 Å². The van der Waals surface area contributed by atoms with Gasteiger partial charge in [-0.3, -0.25) is 0 Å². The molecule has 2 N–H and O–H groups in total. The van der Waals surface area contributed by atoms with E-state index in [2.05, 4.69) is 20.3 Å². The molecule has 5 nitrogen and oxygen atoms in total. The zero-order valence-electron chi connectivity index (χ0n) is 14.1. The third-order valence-corrected chi connectivity index (χ3v) is 3.85. The first-order valence-corrected chi connectivity index (χ1v) is 8.11. The fourth-order valence-corrected chi connectivity index (χ4v) is 2.58. The number of pyridine rings is 1. The van der Waals surface area contributed by atoms with Crippen LogP contribution in [0.4, 0.5) is 29.2 Å². The summed E-state index contributed by atoms with van der Waals surface area (Å²) in [5.41, 5.74) is 0.798. The highest BCUT2D eigenvalue weighted by Crippen LogP contribution is 2.36. The van der Waals surface area contributed by atoms with Crippen molar-refractivity contribution in [2.75, 3.05) is 5.32 Å². The van der Waals surface area contributed by atoms with Gasteiger partial charge in [0, 0.05) is 11.9 Å². The molecule has 0 atom stereocenters. The number of nitrogens with zero attached hydrogens (tertiary/aromatic N) is 2. The first-order chi connectivity index (χ1) is 13.4. The van der Waals surface area contributed by atoms with Crippen LogP contribution < -0.4 is 10.1 Å². The van der Waals surface area contributed by atoms with Crippen molar-refractivity contribution in [2.24, 2.45) is 0 Å². The second kappa shape index (κ2) is 6.84. The Morgan fingerprint density at radius 2 is 1.79 bits per heavy atom. The van der Waals surface area contributed by atoms with E-state index in [0.717, 1.165) is 6.07 Å². The van der Waals surface area contributed by atoms with Crippen LogP contribution in [0, 0.1) is 5.82 Å². The standard InChI is InChI=1S/C19H12F4N4O/c20-11-3-8-15-16(10-11)27-18(26-15)25-12-4-6-13(7-5-12)28-17-14(19(21,22)23)2-1-9-24-17/h1-10H,(H2,25,26,27). The van der Waals surface area contributed by atoms with Crippen molar-refractivity contribution in [1.82, 2.24) is 15.0 Å². The lowest BCUT2D eigenvalue weighted by atomic mass is 10.2. The molecule has 2 heterocycles. The molecule has 9 heteroatoms. The quantitative estimate of drug-likeness (QED) is 0.444. The zero-order valence-corrected chi connectivity index (χ0v) is 14.1. The SMILES string of the molecule is Fc1ccc2nc(Nc3ccc(Oc4ncccc4C(F)(F)F)cc3)[nH]c2c1. The highest BCUT2D eigenvalue weighted by atomic mass is 19.4. The minimum Gasteiger partial charge on any atom is -0.438 e. The van der Waals surface area contributed by atoms with Crippen LogP contribution in [-0.4, -0.2) is 15.0 Å². The molecule has 0 radical (unpaired) electrons. The predicted octanol–water partition coefficient (Wildman–Crippen LogP) is 5.65. The fraction of sp³-hybridized carbons (Fsp3) is 0.0526. The van der Waals surface area contributed by atoms with E-state index in [1.165, 1.54) is 36.5 Å². The summed E-state index contributed by atoms with van der Waals surface area (Å²) < 4.78 is 57.5. The van der Waals surface area contributed by atoms with E-state index in [-0.39, 0.29) is 11.6 Å². The second-order valence-corrected chi connectivity index (χ2v) is 5.85. The number of fused-ring (bicyclic) bond motifs is 1. The molecule has 4 aromatic rings. The number of aromatic amines is 1. The van der Waals surface area contributed by atoms with Gasteiger partial charge in [-0.05, 0) is 54.6 Å². The van der Waals surface area contributed by atoms with E-state index in [1.54, 1.807) is 18.2 Å². The summed E-state index contributed by atoms with van der Waals surface area (Å²) >= 11 is 0. The third-order valence-electron chi connectivity index (χ3n) is 3.85. The van der Waals surface area contributed by atoms with Crippen LogP contribution in [0.15, 0.2) is 60.8 Å². The molecule has 0 spiro atoms. The van der Waals surface area contributed by atoms with Crippen LogP contribution in [0.25, 0.3) is 11.0 Å². The van der Waals surface area contributed by atoms with Gasteiger partial charge in [-0.1, -0.05) is 0 Å². The van der Waals surface area contributed by atoms with Gasteiger partial charge in [0.05, 0.1) is 11.0 Å². The maximum Gasteiger partial charge on any atom is 0.421 e. The summed E-state index contributed by atoms with van der Waals surface area (Å²) in [4.78, 5) is 10.9. The Morgan fingerprint density at radius 3 is 2.54 bits per heavy atom. The van der Waals surface area contributed by atoms with Crippen LogP contribution in [-0.2, 0) is 6.18 Å². The second-order valence-electron chi connectivity index (χ2n) is 5.85. The molecule has 0 fully saturated rings. The Kier molecular flexibility index (Phi) is 4.34. The van der Waals surface area contributed by atoms with Crippen LogP contribution >= 0.6 is 0 Å². The third kappa shape index (κ3) is 3.73. The highest BCUT2D eigenvalue weighted by Gasteiger charge is 2.35. The first kappa shape index (κ1) is 17.8. The Labute approximate surface area is 156 Å². The van der Waals surface area contributed by atoms with E-state index < -0.39 is 17.6 Å². The fourth-order valence-electron chi connectivity index (χ4n) is 2.58. The number of H-pyrrole nitrogens is 1. The van der Waals surface area contributed by atoms with Crippen LogP contribution in [0.5, 0.6) is 11.6 Å². The number of anilines is 2. The Bertz CT molecular complexity index is 1120. The number of aromatic nitrogens is 3. The van der Waals surface area contributed by atoms with Crippen LogP contribution in [0.2, 0.25) is 0 Å². The van der Waals surface area contributed by atoms with Gasteiger partial charge in [0.1, 0.15) is 17.1 Å². The summed E-state index contributed by atoms with van der Waals surface area (Å²) in [5, 5.41) is 3.00. The number of hydrogen-bond acceptors (Lipinski definition) is 4. The topological polar surface area (TPSA) is 62.8 Å². The molecule has 0 aliphatic heterocycles. The molecule has 4 rings (SSSR count). The smallest absolute Gasteiger partial charge is 0.421 e. The number of alkyl halides is 3. The number of ether oxygens (including phenoxy) is 1. The van der Waals surface area contributed by atoms with E-state index in [1.807, 2.05) is 0 Å². The maximum absolute atomic E-state index is 13.2. The molecule has 0 unspecified atom stereocenters. The molecule has 0 amide bonds. The monoisotopic (exact) mass is 388 g/mol. The Hall–Kier alpha value is -3.62. The minimum atomic E-state index is -4.56. The summed E-state index contributed by atoms with van der Waals surface area (Å²) in [5.74, 6) is -0.299. The molecular weight excluding hydrogens is 376 g/mol. The Balaban J connectivity index is 1.51. The Morgan fingerprint density at radius 1 is 1.00 bits per heavy atom. The van der Waals surface area contributed by atoms with E-state index >= 15 is 0 Å². The van der Waals surface area contributed by atoms with Gasteiger partial charge in [-0.25, -0.2) is 14.4 Å². The van der Waals surface area contributed by atoms with E-state index in [0.29, 0.717) is 22.7 Å². The van der Waals surface area contributed by atoms with Gasteiger partial charge in [0.15, 0.2) is 0 Å². The molecule has 0 bridgehead atoms. The van der Waals surface area contributed by atoms with Crippen molar-refractivity contribution in [3.8, 4) is 11.6 Å². The van der Waals surface area contributed by atoms with Crippen molar-refractivity contribution >= 4 is 22.7 Å². The van der Waals surface area contributed by atoms with Gasteiger partial charge in [-0.2, -0.15) is 13.2 Å². The highest BCUT2D eigenvalue weighted by molar-refractivity contribution is 5.78. The lowest BCUT2D eigenvalue weighted by molar-refractivity contribution is -0.138. The molecule has 0 aliphatic carbocycles. The molecular formula is C19H12F4N4O. The summed E-state index contributed by atoms with van der Waals surface area (Å²) in [6.07, 6.45) is -3.34. The van der Waals surface area contributed by atoms with Crippen molar-refractivity contribution in [1.29, 1.82) is 0 Å². The molecule has 0 saturated carbocycles. The molecule has 0 aliphatic rings. The number of nitrogens with one attached hydrogen (secondary N) is 2. The average Bonchev–Trinajstić information content (AvgIpc) is 3.04. The van der Waals surface area contributed by atoms with Gasteiger partial charge >= 0.3 is 6.18 Å². The number of halogens is 4. The van der Waals surface area contributed by atoms with Gasteiger partial charge in [-0.15, -0.1) is 0 Å². The number of rotatable bonds is 4. The van der Waals surface area contributed by atoms with Crippen molar-refractivity contribution in [2.45, 2.75) is 6.18 Å². The first-order valence-electron chi connectivity index (χ1n) is 8.11. The van der Waals surface area contributed by atoms with E-state index in [4.69, 9.17) is 4.74 Å². The van der Waals surface area contributed by atoms with Gasteiger partial charge < -0.3 is 15.0 Å². The molecule has 28 heavy (non-hydrogen) atoms. The molecule has 2 aromatic carbocycles.